The number of rotatable bonds is 2. The molecule has 0 unspecified atom stereocenters. The van der Waals surface area contributed by atoms with Crippen molar-refractivity contribution in [1.29, 1.82) is 0 Å². The molecule has 0 fully saturated rings. The molecule has 0 heterocycles. The first kappa shape index (κ1) is 13.6. The SMILES string of the molecule is CC(C)C(=O)N=C(c1ccccc1)C(C)(C)C. The van der Waals surface area contributed by atoms with E-state index in [4.69, 9.17) is 0 Å². The normalized spacial score (nSPS) is 12.9. The summed E-state index contributed by atoms with van der Waals surface area (Å²) < 4.78 is 0. The highest BCUT2D eigenvalue weighted by atomic mass is 16.1. The molecule has 2 heteroatoms. The summed E-state index contributed by atoms with van der Waals surface area (Å²) in [5, 5.41) is 0. The first-order chi connectivity index (χ1) is 7.82. The molecule has 2 nitrogen and oxygen atoms in total. The Balaban J connectivity index is 3.20. The van der Waals surface area contributed by atoms with Crippen LogP contribution >= 0.6 is 0 Å². The Hall–Kier alpha value is -1.44. The Bertz CT molecular complexity index is 410. The summed E-state index contributed by atoms with van der Waals surface area (Å²) in [7, 11) is 0. The van der Waals surface area contributed by atoms with Gasteiger partial charge in [0, 0.05) is 11.3 Å². The van der Waals surface area contributed by atoms with E-state index in [1.54, 1.807) is 0 Å². The maximum Gasteiger partial charge on any atom is 0.248 e. The van der Waals surface area contributed by atoms with Gasteiger partial charge in [-0.1, -0.05) is 65.0 Å². The van der Waals surface area contributed by atoms with E-state index in [9.17, 15) is 4.79 Å². The minimum Gasteiger partial charge on any atom is -0.272 e. The number of hydrogen-bond donors (Lipinski definition) is 0. The lowest BCUT2D eigenvalue weighted by Crippen LogP contribution is -2.24. The maximum absolute atomic E-state index is 11.8. The van der Waals surface area contributed by atoms with E-state index < -0.39 is 0 Å². The van der Waals surface area contributed by atoms with Crippen LogP contribution in [0.5, 0.6) is 0 Å². The molecule has 1 aromatic rings. The van der Waals surface area contributed by atoms with Gasteiger partial charge in [-0.3, -0.25) is 4.79 Å². The van der Waals surface area contributed by atoms with Crippen molar-refractivity contribution in [2.75, 3.05) is 0 Å². The third-order valence-corrected chi connectivity index (χ3v) is 2.47. The molecule has 92 valence electrons. The van der Waals surface area contributed by atoms with Crippen LogP contribution in [0.1, 0.15) is 40.2 Å². The van der Waals surface area contributed by atoms with Gasteiger partial charge in [0.15, 0.2) is 0 Å². The van der Waals surface area contributed by atoms with Gasteiger partial charge in [0.1, 0.15) is 0 Å². The summed E-state index contributed by atoms with van der Waals surface area (Å²) in [5.74, 6) is -0.116. The fourth-order valence-electron chi connectivity index (χ4n) is 1.50. The van der Waals surface area contributed by atoms with Crippen LogP contribution in [-0.2, 0) is 4.79 Å². The second kappa shape index (κ2) is 5.26. The van der Waals surface area contributed by atoms with Crippen molar-refractivity contribution in [1.82, 2.24) is 0 Å². The summed E-state index contributed by atoms with van der Waals surface area (Å²) in [5.41, 5.74) is 1.75. The van der Waals surface area contributed by atoms with Crippen LogP contribution in [0.15, 0.2) is 35.3 Å². The minimum atomic E-state index is -0.133. The second-order valence-corrected chi connectivity index (χ2v) is 5.57. The van der Waals surface area contributed by atoms with Gasteiger partial charge in [-0.2, -0.15) is 0 Å². The highest BCUT2D eigenvalue weighted by Crippen LogP contribution is 2.22. The molecule has 0 aliphatic heterocycles. The topological polar surface area (TPSA) is 29.4 Å². The van der Waals surface area contributed by atoms with Crippen molar-refractivity contribution >= 4 is 11.6 Å². The molecule has 1 aromatic carbocycles. The number of nitrogens with zero attached hydrogens (tertiary/aromatic N) is 1. The molecule has 0 atom stereocenters. The quantitative estimate of drug-likeness (QED) is 0.713. The van der Waals surface area contributed by atoms with Gasteiger partial charge in [0.2, 0.25) is 5.91 Å². The van der Waals surface area contributed by atoms with E-state index in [1.807, 2.05) is 44.2 Å². The van der Waals surface area contributed by atoms with Gasteiger partial charge >= 0.3 is 0 Å². The molecule has 1 rings (SSSR count). The second-order valence-electron chi connectivity index (χ2n) is 5.57. The molecule has 0 spiro atoms. The molecule has 0 saturated carbocycles. The Morgan fingerprint density at radius 2 is 1.65 bits per heavy atom. The van der Waals surface area contributed by atoms with Crippen LogP contribution in [0.3, 0.4) is 0 Å². The third-order valence-electron chi connectivity index (χ3n) is 2.47. The molecule has 1 amide bonds. The molecular weight excluding hydrogens is 210 g/mol. The smallest absolute Gasteiger partial charge is 0.248 e. The average molecular weight is 231 g/mol. The lowest BCUT2D eigenvalue weighted by Gasteiger charge is -2.22. The summed E-state index contributed by atoms with van der Waals surface area (Å²) in [6.07, 6.45) is 0. The van der Waals surface area contributed by atoms with Crippen molar-refractivity contribution in [3.8, 4) is 0 Å². The molecule has 0 N–H and O–H groups in total. The Kier molecular flexibility index (Phi) is 4.22. The highest BCUT2D eigenvalue weighted by Gasteiger charge is 2.22. The largest absolute Gasteiger partial charge is 0.272 e. The molecule has 0 aromatic heterocycles. The number of hydrogen-bond acceptors (Lipinski definition) is 1. The monoisotopic (exact) mass is 231 g/mol. The van der Waals surface area contributed by atoms with Gasteiger partial charge in [-0.25, -0.2) is 4.99 Å². The van der Waals surface area contributed by atoms with Crippen molar-refractivity contribution in [3.63, 3.8) is 0 Å². The first-order valence-electron chi connectivity index (χ1n) is 6.01. The minimum absolute atomic E-state index is 0.0567. The van der Waals surface area contributed by atoms with Crippen LogP contribution in [-0.4, -0.2) is 11.6 Å². The predicted molar refractivity (Wildman–Crippen MR) is 72.3 cm³/mol. The third kappa shape index (κ3) is 3.81. The molecule has 0 bridgehead atoms. The van der Waals surface area contributed by atoms with E-state index in [-0.39, 0.29) is 17.2 Å². The molecule has 0 aliphatic rings. The van der Waals surface area contributed by atoms with Crippen LogP contribution in [0.4, 0.5) is 0 Å². The lowest BCUT2D eigenvalue weighted by atomic mass is 9.85. The van der Waals surface area contributed by atoms with Crippen molar-refractivity contribution in [2.24, 2.45) is 16.3 Å². The van der Waals surface area contributed by atoms with Gasteiger partial charge < -0.3 is 0 Å². The number of carbonyl (C=O) groups is 1. The van der Waals surface area contributed by atoms with Crippen LogP contribution < -0.4 is 0 Å². The summed E-state index contributed by atoms with van der Waals surface area (Å²) >= 11 is 0. The zero-order valence-electron chi connectivity index (χ0n) is 11.3. The Morgan fingerprint density at radius 3 is 2.06 bits per heavy atom. The van der Waals surface area contributed by atoms with Crippen LogP contribution in [0, 0.1) is 11.3 Å². The number of aliphatic imine (C=N–C) groups is 1. The van der Waals surface area contributed by atoms with Gasteiger partial charge in [0.25, 0.3) is 0 Å². The average Bonchev–Trinajstić information content (AvgIpc) is 2.25. The fraction of sp³-hybridized carbons (Fsp3) is 0.467. The predicted octanol–water partition coefficient (Wildman–Crippen LogP) is 3.70. The Morgan fingerprint density at radius 1 is 1.12 bits per heavy atom. The van der Waals surface area contributed by atoms with Gasteiger partial charge in [-0.05, 0) is 5.56 Å². The number of carbonyl (C=O) groups excluding carboxylic acids is 1. The van der Waals surface area contributed by atoms with Crippen LogP contribution in [0.25, 0.3) is 0 Å². The number of amides is 1. The summed E-state index contributed by atoms with van der Waals surface area (Å²) in [6.45, 7) is 9.97. The molecule has 0 saturated heterocycles. The first-order valence-corrected chi connectivity index (χ1v) is 6.01. The summed E-state index contributed by atoms with van der Waals surface area (Å²) in [6, 6.07) is 9.90. The molecule has 0 aliphatic carbocycles. The lowest BCUT2D eigenvalue weighted by molar-refractivity contribution is -0.120. The fourth-order valence-corrected chi connectivity index (χ4v) is 1.50. The van der Waals surface area contributed by atoms with Crippen LogP contribution in [0.2, 0.25) is 0 Å². The standard InChI is InChI=1S/C15H21NO/c1-11(2)14(17)16-13(15(3,4)5)12-9-7-6-8-10-12/h6-11H,1-5H3. The zero-order chi connectivity index (χ0) is 13.1. The Labute approximate surface area is 104 Å². The van der Waals surface area contributed by atoms with Crippen molar-refractivity contribution in [3.05, 3.63) is 35.9 Å². The molecular formula is C15H21NO. The van der Waals surface area contributed by atoms with Crippen molar-refractivity contribution < 1.29 is 4.79 Å². The molecule has 17 heavy (non-hydrogen) atoms. The van der Waals surface area contributed by atoms with Gasteiger partial charge in [-0.15, -0.1) is 0 Å². The van der Waals surface area contributed by atoms with E-state index in [0.717, 1.165) is 11.3 Å². The highest BCUT2D eigenvalue weighted by molar-refractivity contribution is 6.09. The van der Waals surface area contributed by atoms with Crippen molar-refractivity contribution in [2.45, 2.75) is 34.6 Å². The van der Waals surface area contributed by atoms with E-state index in [1.165, 1.54) is 0 Å². The van der Waals surface area contributed by atoms with E-state index in [0.29, 0.717) is 0 Å². The van der Waals surface area contributed by atoms with E-state index >= 15 is 0 Å². The zero-order valence-corrected chi connectivity index (χ0v) is 11.3. The number of benzene rings is 1. The molecule has 0 radical (unpaired) electrons. The summed E-state index contributed by atoms with van der Waals surface area (Å²) in [4.78, 5) is 16.1. The van der Waals surface area contributed by atoms with Gasteiger partial charge in [0.05, 0.1) is 5.71 Å². The van der Waals surface area contributed by atoms with E-state index in [2.05, 4.69) is 25.8 Å². The maximum atomic E-state index is 11.8.